The van der Waals surface area contributed by atoms with Gasteiger partial charge in [-0.2, -0.15) is 5.26 Å². The topological polar surface area (TPSA) is 64.9 Å². The van der Waals surface area contributed by atoms with E-state index in [1.54, 1.807) is 25.2 Å². The van der Waals surface area contributed by atoms with E-state index in [1.807, 2.05) is 6.07 Å². The Hall–Kier alpha value is -1.57. The van der Waals surface area contributed by atoms with E-state index in [0.717, 1.165) is 0 Å². The van der Waals surface area contributed by atoms with Gasteiger partial charge in [-0.25, -0.2) is 0 Å². The summed E-state index contributed by atoms with van der Waals surface area (Å²) >= 11 is 5.83. The third-order valence-corrected chi connectivity index (χ3v) is 2.29. The highest BCUT2D eigenvalue weighted by Gasteiger charge is 2.04. The quantitative estimate of drug-likeness (QED) is 0.839. The van der Waals surface area contributed by atoms with Gasteiger partial charge in [-0.3, -0.25) is 4.79 Å². The Morgan fingerprint density at radius 2 is 2.31 bits per heavy atom. The Morgan fingerprint density at radius 1 is 1.56 bits per heavy atom. The number of amides is 1. The zero-order chi connectivity index (χ0) is 12.0. The predicted octanol–water partition coefficient (Wildman–Crippen LogP) is 1.76. The number of hydrogen-bond acceptors (Lipinski definition) is 3. The number of halogens is 1. The summed E-state index contributed by atoms with van der Waals surface area (Å²) in [5, 5.41) is 14.6. The van der Waals surface area contributed by atoms with Crippen molar-refractivity contribution in [3.8, 4) is 6.07 Å². The van der Waals surface area contributed by atoms with Gasteiger partial charge in [0, 0.05) is 18.7 Å². The summed E-state index contributed by atoms with van der Waals surface area (Å²) in [7, 11) is 1.78. The molecule has 0 radical (unpaired) electrons. The first-order valence-corrected chi connectivity index (χ1v) is 5.19. The van der Waals surface area contributed by atoms with E-state index in [-0.39, 0.29) is 5.91 Å². The van der Waals surface area contributed by atoms with Gasteiger partial charge in [-0.05, 0) is 25.2 Å². The molecule has 5 heteroatoms. The second-order valence-corrected chi connectivity index (χ2v) is 3.62. The molecule has 0 fully saturated rings. The van der Waals surface area contributed by atoms with Crippen molar-refractivity contribution in [3.63, 3.8) is 0 Å². The van der Waals surface area contributed by atoms with Gasteiger partial charge in [0.1, 0.15) is 6.07 Å². The largest absolute Gasteiger partial charge is 0.326 e. The highest BCUT2D eigenvalue weighted by Crippen LogP contribution is 2.20. The van der Waals surface area contributed by atoms with E-state index in [1.165, 1.54) is 0 Å². The molecule has 0 aliphatic heterocycles. The maximum Gasteiger partial charge on any atom is 0.225 e. The Labute approximate surface area is 99.2 Å². The molecular formula is C11H12ClN3O. The number of nitrogens with zero attached hydrogens (tertiary/aromatic N) is 1. The normalized spacial score (nSPS) is 9.56. The van der Waals surface area contributed by atoms with Gasteiger partial charge < -0.3 is 10.6 Å². The van der Waals surface area contributed by atoms with Gasteiger partial charge in [0.15, 0.2) is 0 Å². The first-order valence-electron chi connectivity index (χ1n) is 4.81. The van der Waals surface area contributed by atoms with Crippen molar-refractivity contribution < 1.29 is 4.79 Å². The maximum atomic E-state index is 11.4. The number of benzene rings is 1. The number of rotatable bonds is 4. The fourth-order valence-corrected chi connectivity index (χ4v) is 1.37. The minimum atomic E-state index is -0.0878. The van der Waals surface area contributed by atoms with Crippen molar-refractivity contribution in [2.45, 2.75) is 6.42 Å². The molecule has 1 aromatic carbocycles. The highest BCUT2D eigenvalue weighted by atomic mass is 35.5. The van der Waals surface area contributed by atoms with Crippen LogP contribution in [-0.2, 0) is 4.79 Å². The van der Waals surface area contributed by atoms with Gasteiger partial charge in [-0.1, -0.05) is 11.6 Å². The van der Waals surface area contributed by atoms with Crippen LogP contribution in [0.25, 0.3) is 0 Å². The third-order valence-electron chi connectivity index (χ3n) is 1.98. The van der Waals surface area contributed by atoms with E-state index in [0.29, 0.717) is 29.2 Å². The molecule has 0 bridgehead atoms. The molecule has 1 aromatic rings. The van der Waals surface area contributed by atoms with Gasteiger partial charge >= 0.3 is 0 Å². The van der Waals surface area contributed by atoms with Crippen LogP contribution in [0.15, 0.2) is 18.2 Å². The van der Waals surface area contributed by atoms with Gasteiger partial charge in [0.2, 0.25) is 5.91 Å². The molecule has 1 amide bonds. The minimum absolute atomic E-state index is 0.0878. The molecule has 0 atom stereocenters. The number of carbonyl (C=O) groups is 1. The molecule has 16 heavy (non-hydrogen) atoms. The Bertz CT molecular complexity index is 426. The van der Waals surface area contributed by atoms with Crippen LogP contribution in [0.4, 0.5) is 5.69 Å². The van der Waals surface area contributed by atoms with Gasteiger partial charge in [0.25, 0.3) is 0 Å². The van der Waals surface area contributed by atoms with Crippen LogP contribution in [-0.4, -0.2) is 19.5 Å². The molecule has 2 N–H and O–H groups in total. The van der Waals surface area contributed by atoms with E-state index >= 15 is 0 Å². The van der Waals surface area contributed by atoms with Crippen molar-refractivity contribution in [1.82, 2.24) is 5.32 Å². The van der Waals surface area contributed by atoms with Crippen molar-refractivity contribution in [3.05, 3.63) is 28.8 Å². The molecule has 1 rings (SSSR count). The lowest BCUT2D eigenvalue weighted by Gasteiger charge is -2.05. The van der Waals surface area contributed by atoms with Crippen LogP contribution in [0.5, 0.6) is 0 Å². The van der Waals surface area contributed by atoms with Crippen LogP contribution in [0, 0.1) is 11.3 Å². The van der Waals surface area contributed by atoms with Crippen molar-refractivity contribution in [2.24, 2.45) is 0 Å². The maximum absolute atomic E-state index is 11.4. The molecule has 0 unspecified atom stereocenters. The molecule has 4 nitrogen and oxygen atoms in total. The summed E-state index contributed by atoms with van der Waals surface area (Å²) in [6.45, 7) is 0.621. The SMILES string of the molecule is CNCCC(=O)Nc1ccc(C#N)c(Cl)c1. The van der Waals surface area contributed by atoms with E-state index in [2.05, 4.69) is 10.6 Å². The summed E-state index contributed by atoms with van der Waals surface area (Å²) < 4.78 is 0. The number of carbonyl (C=O) groups excluding carboxylic acids is 1. The van der Waals surface area contributed by atoms with E-state index < -0.39 is 0 Å². The number of nitriles is 1. The fraction of sp³-hybridized carbons (Fsp3) is 0.273. The monoisotopic (exact) mass is 237 g/mol. The van der Waals surface area contributed by atoms with Gasteiger partial charge in [-0.15, -0.1) is 0 Å². The average Bonchev–Trinajstić information content (AvgIpc) is 2.26. The second kappa shape index (κ2) is 6.11. The van der Waals surface area contributed by atoms with Crippen LogP contribution >= 0.6 is 11.6 Å². The van der Waals surface area contributed by atoms with Crippen LogP contribution in [0.3, 0.4) is 0 Å². The van der Waals surface area contributed by atoms with Crippen LogP contribution in [0.2, 0.25) is 5.02 Å². The second-order valence-electron chi connectivity index (χ2n) is 3.21. The molecule has 0 saturated heterocycles. The lowest BCUT2D eigenvalue weighted by atomic mass is 10.2. The van der Waals surface area contributed by atoms with Crippen molar-refractivity contribution in [2.75, 3.05) is 18.9 Å². The number of hydrogen-bond donors (Lipinski definition) is 2. The van der Waals surface area contributed by atoms with Gasteiger partial charge in [0.05, 0.1) is 10.6 Å². The highest BCUT2D eigenvalue weighted by molar-refractivity contribution is 6.32. The first kappa shape index (κ1) is 12.5. The van der Waals surface area contributed by atoms with Crippen LogP contribution < -0.4 is 10.6 Å². The Kier molecular flexibility index (Phi) is 4.77. The molecule has 0 heterocycles. The van der Waals surface area contributed by atoms with E-state index in [4.69, 9.17) is 16.9 Å². The molecule has 0 saturated carbocycles. The Balaban J connectivity index is 2.65. The summed E-state index contributed by atoms with van der Waals surface area (Å²) in [5.74, 6) is -0.0878. The summed E-state index contributed by atoms with van der Waals surface area (Å²) in [6.07, 6.45) is 0.397. The van der Waals surface area contributed by atoms with Crippen molar-refractivity contribution in [1.29, 1.82) is 5.26 Å². The summed E-state index contributed by atoms with van der Waals surface area (Å²) in [6, 6.07) is 6.76. The lowest BCUT2D eigenvalue weighted by Crippen LogP contribution is -2.18. The molecule has 0 aliphatic rings. The van der Waals surface area contributed by atoms with E-state index in [9.17, 15) is 4.79 Å². The lowest BCUT2D eigenvalue weighted by molar-refractivity contribution is -0.116. The standard InChI is InChI=1S/C11H12ClN3O/c1-14-5-4-11(16)15-9-3-2-8(7-13)10(12)6-9/h2-3,6,14H,4-5H2,1H3,(H,15,16). The fourth-order valence-electron chi connectivity index (χ4n) is 1.15. The zero-order valence-corrected chi connectivity index (χ0v) is 9.64. The third kappa shape index (κ3) is 3.54. The number of nitrogens with one attached hydrogen (secondary N) is 2. The van der Waals surface area contributed by atoms with Crippen molar-refractivity contribution >= 4 is 23.2 Å². The zero-order valence-electron chi connectivity index (χ0n) is 8.88. The molecule has 0 aliphatic carbocycles. The molecule has 0 spiro atoms. The molecular weight excluding hydrogens is 226 g/mol. The molecule has 0 aromatic heterocycles. The Morgan fingerprint density at radius 3 is 2.88 bits per heavy atom. The van der Waals surface area contributed by atoms with Crippen LogP contribution in [0.1, 0.15) is 12.0 Å². The average molecular weight is 238 g/mol. The molecule has 84 valence electrons. The first-order chi connectivity index (χ1) is 7.67. The number of anilines is 1. The summed E-state index contributed by atoms with van der Waals surface area (Å²) in [4.78, 5) is 11.4. The smallest absolute Gasteiger partial charge is 0.225 e. The summed E-state index contributed by atoms with van der Waals surface area (Å²) in [5.41, 5.74) is 1.000. The minimum Gasteiger partial charge on any atom is -0.326 e. The predicted molar refractivity (Wildman–Crippen MR) is 63.3 cm³/mol.